The lowest BCUT2D eigenvalue weighted by molar-refractivity contribution is 0.860. The second-order valence-electron chi connectivity index (χ2n) is 4.01. The van der Waals surface area contributed by atoms with Crippen LogP contribution in [0.5, 0.6) is 0 Å². The summed E-state index contributed by atoms with van der Waals surface area (Å²) < 4.78 is 1.86. The van der Waals surface area contributed by atoms with Crippen molar-refractivity contribution in [1.29, 1.82) is 5.26 Å². The maximum absolute atomic E-state index is 8.95. The molecule has 18 heavy (non-hydrogen) atoms. The minimum Gasteiger partial charge on any atom is -0.294 e. The Bertz CT molecular complexity index is 734. The van der Waals surface area contributed by atoms with Gasteiger partial charge in [0.2, 0.25) is 0 Å². The number of pyridine rings is 1. The molecule has 0 aliphatic heterocycles. The van der Waals surface area contributed by atoms with Crippen LogP contribution in [0.2, 0.25) is 0 Å². The predicted octanol–water partition coefficient (Wildman–Crippen LogP) is 2.99. The van der Waals surface area contributed by atoms with Crippen LogP contribution in [0.25, 0.3) is 21.9 Å². The van der Waals surface area contributed by atoms with Gasteiger partial charge in [-0.25, -0.2) is 9.97 Å². The van der Waals surface area contributed by atoms with Gasteiger partial charge in [-0.2, -0.15) is 5.26 Å². The first-order valence-electron chi connectivity index (χ1n) is 5.53. The van der Waals surface area contributed by atoms with Gasteiger partial charge >= 0.3 is 0 Å². The number of aromatic nitrogens is 3. The van der Waals surface area contributed by atoms with Crippen molar-refractivity contribution < 1.29 is 0 Å². The fourth-order valence-electron chi connectivity index (χ4n) is 1.93. The maximum Gasteiger partial charge on any atom is 0.161 e. The van der Waals surface area contributed by atoms with Crippen LogP contribution in [-0.2, 0) is 6.54 Å². The van der Waals surface area contributed by atoms with E-state index in [1.165, 1.54) is 0 Å². The average molecular weight is 254 g/mol. The third kappa shape index (κ3) is 1.67. The molecule has 3 aromatic rings. The highest BCUT2D eigenvalue weighted by atomic mass is 32.1. The summed E-state index contributed by atoms with van der Waals surface area (Å²) in [5, 5.41) is 11.0. The Labute approximate surface area is 108 Å². The van der Waals surface area contributed by atoms with Gasteiger partial charge in [-0.1, -0.05) is 6.07 Å². The second kappa shape index (κ2) is 4.24. The number of imidazole rings is 1. The molecule has 0 saturated heterocycles. The lowest BCUT2D eigenvalue weighted by atomic mass is 10.3. The van der Waals surface area contributed by atoms with E-state index < -0.39 is 0 Å². The number of hydrogen-bond acceptors (Lipinski definition) is 4. The fourth-order valence-corrected chi connectivity index (χ4v) is 2.65. The number of rotatable bonds is 2. The first-order valence-corrected chi connectivity index (χ1v) is 6.41. The van der Waals surface area contributed by atoms with Crippen LogP contribution in [0, 0.1) is 18.3 Å². The summed E-state index contributed by atoms with van der Waals surface area (Å²) in [5.74, 6) is 0.819. The summed E-state index contributed by atoms with van der Waals surface area (Å²) in [6.07, 6.45) is 1.80. The minimum absolute atomic E-state index is 0.264. The Morgan fingerprint density at radius 3 is 3.11 bits per heavy atom. The van der Waals surface area contributed by atoms with E-state index in [0.29, 0.717) is 0 Å². The molecule has 0 bridgehead atoms. The van der Waals surface area contributed by atoms with Crippen molar-refractivity contribution in [3.05, 3.63) is 35.3 Å². The molecule has 0 unspecified atom stereocenters. The largest absolute Gasteiger partial charge is 0.294 e. The van der Waals surface area contributed by atoms with Gasteiger partial charge in [-0.3, -0.25) is 4.57 Å². The monoisotopic (exact) mass is 254 g/mol. The zero-order valence-electron chi connectivity index (χ0n) is 9.79. The van der Waals surface area contributed by atoms with Gasteiger partial charge < -0.3 is 0 Å². The Balaban J connectivity index is 2.31. The van der Waals surface area contributed by atoms with Gasteiger partial charge in [-0.05, 0) is 30.0 Å². The lowest BCUT2D eigenvalue weighted by Gasteiger charge is -2.01. The van der Waals surface area contributed by atoms with E-state index in [4.69, 9.17) is 5.26 Å². The van der Waals surface area contributed by atoms with E-state index in [1.54, 1.807) is 17.5 Å². The fraction of sp³-hybridized carbons (Fsp3) is 0.154. The number of hydrogen-bond donors (Lipinski definition) is 0. The van der Waals surface area contributed by atoms with E-state index in [9.17, 15) is 0 Å². The van der Waals surface area contributed by atoms with Crippen molar-refractivity contribution in [2.24, 2.45) is 0 Å². The SMILES string of the molecule is Cc1cnc2c(c1)nc(-c1cccs1)n2CC#N. The third-order valence-electron chi connectivity index (χ3n) is 2.69. The van der Waals surface area contributed by atoms with E-state index >= 15 is 0 Å². The molecule has 0 aliphatic carbocycles. The second-order valence-corrected chi connectivity index (χ2v) is 4.96. The quantitative estimate of drug-likeness (QED) is 0.706. The first kappa shape index (κ1) is 10.9. The van der Waals surface area contributed by atoms with Crippen molar-refractivity contribution in [1.82, 2.24) is 14.5 Å². The molecule has 88 valence electrons. The number of thiophene rings is 1. The number of nitrogens with zero attached hydrogens (tertiary/aromatic N) is 4. The molecule has 4 nitrogen and oxygen atoms in total. The Morgan fingerprint density at radius 1 is 1.50 bits per heavy atom. The van der Waals surface area contributed by atoms with Gasteiger partial charge in [0, 0.05) is 6.20 Å². The Morgan fingerprint density at radius 2 is 2.39 bits per heavy atom. The zero-order chi connectivity index (χ0) is 12.5. The minimum atomic E-state index is 0.264. The normalized spacial score (nSPS) is 10.7. The summed E-state index contributed by atoms with van der Waals surface area (Å²) >= 11 is 1.61. The molecule has 0 fully saturated rings. The van der Waals surface area contributed by atoms with Gasteiger partial charge in [0.05, 0.1) is 10.9 Å². The van der Waals surface area contributed by atoms with Crippen LogP contribution in [0.3, 0.4) is 0 Å². The topological polar surface area (TPSA) is 54.5 Å². The summed E-state index contributed by atoms with van der Waals surface area (Å²) in [6, 6.07) is 8.15. The standard InChI is InChI=1S/C13H10N4S/c1-9-7-10-12(15-8-9)17(5-4-14)13(16-10)11-3-2-6-18-11/h2-3,6-8H,5H2,1H3. The number of aryl methyl sites for hydroxylation is 1. The lowest BCUT2D eigenvalue weighted by Crippen LogP contribution is -1.99. The molecule has 0 atom stereocenters. The zero-order valence-corrected chi connectivity index (χ0v) is 10.6. The van der Waals surface area contributed by atoms with Gasteiger partial charge in [-0.15, -0.1) is 11.3 Å². The average Bonchev–Trinajstić information content (AvgIpc) is 2.97. The molecular formula is C13H10N4S. The van der Waals surface area contributed by atoms with E-state index in [-0.39, 0.29) is 6.54 Å². The van der Waals surface area contributed by atoms with Crippen molar-refractivity contribution in [3.63, 3.8) is 0 Å². The van der Waals surface area contributed by atoms with Crippen molar-refractivity contribution in [2.75, 3.05) is 0 Å². The highest BCUT2D eigenvalue weighted by Gasteiger charge is 2.14. The molecule has 0 spiro atoms. The van der Waals surface area contributed by atoms with E-state index in [1.807, 2.05) is 35.1 Å². The predicted molar refractivity (Wildman–Crippen MR) is 71.2 cm³/mol. The summed E-state index contributed by atoms with van der Waals surface area (Å²) in [6.45, 7) is 2.25. The van der Waals surface area contributed by atoms with Crippen molar-refractivity contribution >= 4 is 22.5 Å². The molecule has 0 radical (unpaired) electrons. The molecule has 0 amide bonds. The number of fused-ring (bicyclic) bond motifs is 1. The number of nitriles is 1. The molecule has 0 saturated carbocycles. The van der Waals surface area contributed by atoms with Crippen molar-refractivity contribution in [2.45, 2.75) is 13.5 Å². The van der Waals surface area contributed by atoms with Gasteiger partial charge in [0.15, 0.2) is 11.5 Å². The van der Waals surface area contributed by atoms with Gasteiger partial charge in [0.25, 0.3) is 0 Å². The molecule has 3 heterocycles. The molecule has 0 N–H and O–H groups in total. The summed E-state index contributed by atoms with van der Waals surface area (Å²) in [5.41, 5.74) is 2.68. The van der Waals surface area contributed by atoms with Crippen LogP contribution in [0.4, 0.5) is 0 Å². The maximum atomic E-state index is 8.95. The molecule has 0 aliphatic rings. The smallest absolute Gasteiger partial charge is 0.161 e. The molecule has 0 aromatic carbocycles. The first-order chi connectivity index (χ1) is 8.79. The highest BCUT2D eigenvalue weighted by molar-refractivity contribution is 7.13. The molecule has 3 aromatic heterocycles. The van der Waals surface area contributed by atoms with Crippen molar-refractivity contribution in [3.8, 4) is 16.8 Å². The van der Waals surface area contributed by atoms with Crippen LogP contribution >= 0.6 is 11.3 Å². The highest BCUT2D eigenvalue weighted by Crippen LogP contribution is 2.27. The van der Waals surface area contributed by atoms with E-state index in [0.717, 1.165) is 27.4 Å². The van der Waals surface area contributed by atoms with Crippen LogP contribution in [-0.4, -0.2) is 14.5 Å². The third-order valence-corrected chi connectivity index (χ3v) is 3.56. The Kier molecular flexibility index (Phi) is 2.58. The molecular weight excluding hydrogens is 244 g/mol. The van der Waals surface area contributed by atoms with Crippen LogP contribution in [0.15, 0.2) is 29.8 Å². The van der Waals surface area contributed by atoms with Crippen LogP contribution in [0.1, 0.15) is 5.56 Å². The Hall–Kier alpha value is -2.19. The van der Waals surface area contributed by atoms with Gasteiger partial charge in [0.1, 0.15) is 12.1 Å². The summed E-state index contributed by atoms with van der Waals surface area (Å²) in [4.78, 5) is 10.0. The summed E-state index contributed by atoms with van der Waals surface area (Å²) in [7, 11) is 0. The molecule has 5 heteroatoms. The molecule has 3 rings (SSSR count). The van der Waals surface area contributed by atoms with Crippen LogP contribution < -0.4 is 0 Å². The van der Waals surface area contributed by atoms with E-state index in [2.05, 4.69) is 16.0 Å².